The van der Waals surface area contributed by atoms with Crippen LogP contribution in [0.4, 0.5) is 4.39 Å². The summed E-state index contributed by atoms with van der Waals surface area (Å²) in [4.78, 5) is 4.01. The van der Waals surface area contributed by atoms with Gasteiger partial charge >= 0.3 is 0 Å². The molecule has 0 radical (unpaired) electrons. The van der Waals surface area contributed by atoms with Crippen molar-refractivity contribution in [2.24, 2.45) is 0 Å². The molecule has 0 aliphatic heterocycles. The van der Waals surface area contributed by atoms with Gasteiger partial charge < -0.3 is 4.74 Å². The maximum absolute atomic E-state index is 14.6. The van der Waals surface area contributed by atoms with Gasteiger partial charge in [-0.25, -0.2) is 17.8 Å². The first-order valence-electron chi connectivity index (χ1n) is 8.74. The summed E-state index contributed by atoms with van der Waals surface area (Å²) in [7, 11) is -2.56. The third-order valence-electron chi connectivity index (χ3n) is 4.59. The van der Waals surface area contributed by atoms with Gasteiger partial charge in [-0.05, 0) is 53.6 Å². The van der Waals surface area contributed by atoms with Crippen LogP contribution in [-0.2, 0) is 9.84 Å². The first-order chi connectivity index (χ1) is 14.3. The second-order valence-electron chi connectivity index (χ2n) is 6.48. The van der Waals surface area contributed by atoms with E-state index in [2.05, 4.69) is 4.98 Å². The van der Waals surface area contributed by atoms with Crippen molar-refractivity contribution < 1.29 is 17.5 Å². The number of nitrogens with zero attached hydrogens (tertiary/aromatic N) is 1. The molecular formula is C22H14Cl2FNO3S. The molecule has 1 heterocycles. The summed E-state index contributed by atoms with van der Waals surface area (Å²) in [5.41, 5.74) is 1.17. The van der Waals surface area contributed by atoms with Gasteiger partial charge in [0.25, 0.3) is 0 Å². The van der Waals surface area contributed by atoms with Crippen LogP contribution in [0.3, 0.4) is 0 Å². The minimum absolute atomic E-state index is 0.0440. The summed E-state index contributed by atoms with van der Waals surface area (Å²) in [6.45, 7) is 0. The number of benzene rings is 3. The Morgan fingerprint density at radius 3 is 2.23 bits per heavy atom. The normalized spacial score (nSPS) is 11.6. The number of ether oxygens (including phenoxy) is 1. The Morgan fingerprint density at radius 1 is 0.933 bits per heavy atom. The summed E-state index contributed by atoms with van der Waals surface area (Å²) >= 11 is 12.0. The van der Waals surface area contributed by atoms with E-state index in [1.807, 2.05) is 0 Å². The van der Waals surface area contributed by atoms with Gasteiger partial charge in [0.2, 0.25) is 9.84 Å². The number of sulfone groups is 1. The number of rotatable bonds is 4. The molecule has 0 amide bonds. The lowest BCUT2D eigenvalue weighted by Crippen LogP contribution is -2.06. The quantitative estimate of drug-likeness (QED) is 0.363. The van der Waals surface area contributed by atoms with Gasteiger partial charge in [-0.1, -0.05) is 47.5 Å². The zero-order valence-electron chi connectivity index (χ0n) is 15.6. The second-order valence-corrected chi connectivity index (χ2v) is 9.25. The van der Waals surface area contributed by atoms with Crippen LogP contribution in [0.25, 0.3) is 22.0 Å². The predicted octanol–water partition coefficient (Wildman–Crippen LogP) is 6.19. The van der Waals surface area contributed by atoms with E-state index in [0.717, 1.165) is 0 Å². The summed E-state index contributed by atoms with van der Waals surface area (Å²) < 4.78 is 46.3. The van der Waals surface area contributed by atoms with Crippen molar-refractivity contribution in [1.29, 1.82) is 0 Å². The maximum Gasteiger partial charge on any atom is 0.223 e. The molecule has 0 saturated carbocycles. The molecule has 0 atom stereocenters. The molecule has 0 aliphatic rings. The topological polar surface area (TPSA) is 56.3 Å². The largest absolute Gasteiger partial charge is 0.497 e. The molecule has 0 aliphatic carbocycles. The Morgan fingerprint density at radius 2 is 1.60 bits per heavy atom. The van der Waals surface area contributed by atoms with Gasteiger partial charge in [0.15, 0.2) is 5.03 Å². The molecule has 4 rings (SSSR count). The highest BCUT2D eigenvalue weighted by molar-refractivity contribution is 7.91. The van der Waals surface area contributed by atoms with Crippen molar-refractivity contribution in [3.05, 3.63) is 82.6 Å². The Labute approximate surface area is 182 Å². The molecule has 0 N–H and O–H groups in total. The minimum atomic E-state index is -4.11. The molecule has 4 aromatic rings. The number of fused-ring (bicyclic) bond motifs is 1. The molecule has 4 nitrogen and oxygen atoms in total. The monoisotopic (exact) mass is 461 g/mol. The lowest BCUT2D eigenvalue weighted by Gasteiger charge is -2.12. The molecule has 152 valence electrons. The Kier molecular flexibility index (Phi) is 5.40. The fourth-order valence-electron chi connectivity index (χ4n) is 3.14. The van der Waals surface area contributed by atoms with Gasteiger partial charge in [-0.15, -0.1) is 0 Å². The van der Waals surface area contributed by atoms with E-state index in [1.54, 1.807) is 43.5 Å². The van der Waals surface area contributed by atoms with Crippen LogP contribution >= 0.6 is 23.2 Å². The van der Waals surface area contributed by atoms with Gasteiger partial charge in [0.05, 0.1) is 12.0 Å². The number of hydrogen-bond donors (Lipinski definition) is 0. The lowest BCUT2D eigenvalue weighted by molar-refractivity contribution is 0.415. The van der Waals surface area contributed by atoms with Crippen molar-refractivity contribution in [1.82, 2.24) is 4.98 Å². The zero-order valence-corrected chi connectivity index (χ0v) is 17.9. The molecule has 3 aromatic carbocycles. The standard InChI is InChI=1S/C22H14Cl2FNO3S/c1-29-16-7-5-13(6-8-16)19-12-21(26-22-18(19)3-2-4-20(22)25)30(27,28)17-10-14(23)9-15(24)11-17/h2-12H,1H3. The average Bonchev–Trinajstić information content (AvgIpc) is 2.73. The van der Waals surface area contributed by atoms with Crippen LogP contribution in [0.1, 0.15) is 0 Å². The number of pyridine rings is 1. The summed E-state index contributed by atoms with van der Waals surface area (Å²) in [6.07, 6.45) is 0. The number of halogens is 3. The Bertz CT molecular complexity index is 1350. The van der Waals surface area contributed by atoms with Gasteiger partial charge in [0, 0.05) is 15.4 Å². The molecule has 30 heavy (non-hydrogen) atoms. The molecule has 0 fully saturated rings. The smallest absolute Gasteiger partial charge is 0.223 e. The van der Waals surface area contributed by atoms with Crippen molar-refractivity contribution in [2.45, 2.75) is 9.92 Å². The van der Waals surface area contributed by atoms with E-state index in [9.17, 15) is 12.8 Å². The molecule has 1 aromatic heterocycles. The van der Waals surface area contributed by atoms with Crippen LogP contribution in [0.5, 0.6) is 5.75 Å². The van der Waals surface area contributed by atoms with Crippen LogP contribution < -0.4 is 4.74 Å². The highest BCUT2D eigenvalue weighted by atomic mass is 35.5. The van der Waals surface area contributed by atoms with E-state index in [0.29, 0.717) is 22.3 Å². The summed E-state index contributed by atoms with van der Waals surface area (Å²) in [6, 6.07) is 16.9. The first-order valence-corrected chi connectivity index (χ1v) is 11.0. The van der Waals surface area contributed by atoms with Crippen LogP contribution in [-0.4, -0.2) is 20.5 Å². The molecule has 0 saturated heterocycles. The van der Waals surface area contributed by atoms with E-state index >= 15 is 0 Å². The third kappa shape index (κ3) is 3.74. The number of hydrogen-bond acceptors (Lipinski definition) is 4. The summed E-state index contributed by atoms with van der Waals surface area (Å²) in [5, 5.41) is 0.527. The van der Waals surface area contributed by atoms with Gasteiger partial charge in [-0.3, -0.25) is 0 Å². The molecule has 0 spiro atoms. The molecule has 0 bridgehead atoms. The van der Waals surface area contributed by atoms with E-state index < -0.39 is 15.7 Å². The van der Waals surface area contributed by atoms with Crippen molar-refractivity contribution in [3.8, 4) is 16.9 Å². The Hall–Kier alpha value is -2.67. The van der Waals surface area contributed by atoms with Crippen LogP contribution in [0, 0.1) is 5.82 Å². The van der Waals surface area contributed by atoms with E-state index in [1.165, 1.54) is 30.3 Å². The van der Waals surface area contributed by atoms with Gasteiger partial charge in [0.1, 0.15) is 17.1 Å². The number of aromatic nitrogens is 1. The van der Waals surface area contributed by atoms with Crippen molar-refractivity contribution >= 4 is 43.9 Å². The number of methoxy groups -OCH3 is 1. The summed E-state index contributed by atoms with van der Waals surface area (Å²) in [5.74, 6) is 0.0214. The fraction of sp³-hybridized carbons (Fsp3) is 0.0455. The van der Waals surface area contributed by atoms with E-state index in [-0.39, 0.29) is 25.5 Å². The first kappa shape index (κ1) is 20.6. The molecular weight excluding hydrogens is 448 g/mol. The van der Waals surface area contributed by atoms with E-state index in [4.69, 9.17) is 27.9 Å². The predicted molar refractivity (Wildman–Crippen MR) is 116 cm³/mol. The van der Waals surface area contributed by atoms with Crippen LogP contribution in [0.2, 0.25) is 10.0 Å². The van der Waals surface area contributed by atoms with Crippen molar-refractivity contribution in [2.75, 3.05) is 7.11 Å². The Balaban J connectivity index is 2.00. The molecule has 0 unspecified atom stereocenters. The van der Waals surface area contributed by atoms with Crippen molar-refractivity contribution in [3.63, 3.8) is 0 Å². The number of para-hydroxylation sites is 1. The minimum Gasteiger partial charge on any atom is -0.497 e. The average molecular weight is 462 g/mol. The fourth-order valence-corrected chi connectivity index (χ4v) is 5.09. The van der Waals surface area contributed by atoms with Gasteiger partial charge in [-0.2, -0.15) is 0 Å². The maximum atomic E-state index is 14.6. The highest BCUT2D eigenvalue weighted by Gasteiger charge is 2.23. The highest BCUT2D eigenvalue weighted by Crippen LogP contribution is 2.34. The SMILES string of the molecule is COc1ccc(-c2cc(S(=O)(=O)c3cc(Cl)cc(Cl)c3)nc3c(F)cccc23)cc1. The zero-order chi connectivity index (χ0) is 21.5. The third-order valence-corrected chi connectivity index (χ3v) is 6.64. The molecule has 8 heteroatoms. The van der Waals surface area contributed by atoms with Crippen LogP contribution in [0.15, 0.2) is 76.7 Å². The second kappa shape index (κ2) is 7.87. The lowest BCUT2D eigenvalue weighted by atomic mass is 10.0.